The molecule has 6 heteroatoms. The number of nitrogens with zero attached hydrogens (tertiary/aromatic N) is 1. The highest BCUT2D eigenvalue weighted by Crippen LogP contribution is 2.19. The third-order valence-electron chi connectivity index (χ3n) is 4.78. The van der Waals surface area contributed by atoms with E-state index >= 15 is 0 Å². The Labute approximate surface area is 171 Å². The fourth-order valence-corrected chi connectivity index (χ4v) is 3.34. The molecule has 1 N–H and O–H groups in total. The van der Waals surface area contributed by atoms with Crippen molar-refractivity contribution >= 4 is 23.2 Å². The Kier molecular flexibility index (Phi) is 7.25. The lowest BCUT2D eigenvalue weighted by molar-refractivity contribution is 0.0966. The number of carbonyl (C=O) groups is 1. The summed E-state index contributed by atoms with van der Waals surface area (Å²) in [6.07, 6.45) is 2.19. The van der Waals surface area contributed by atoms with Gasteiger partial charge in [0.1, 0.15) is 24.7 Å². The van der Waals surface area contributed by atoms with Gasteiger partial charge in [0.15, 0.2) is 5.11 Å². The van der Waals surface area contributed by atoms with E-state index in [2.05, 4.69) is 17.1 Å². The molecule has 2 aromatic carbocycles. The molecule has 1 aliphatic heterocycles. The first-order valence-corrected chi connectivity index (χ1v) is 10.0. The minimum Gasteiger partial charge on any atom is -0.490 e. The van der Waals surface area contributed by atoms with Crippen molar-refractivity contribution < 1.29 is 14.3 Å². The number of carbonyl (C=O) groups excluding carboxylic acids is 1. The molecule has 0 spiro atoms. The topological polar surface area (TPSA) is 50.8 Å². The highest BCUT2D eigenvalue weighted by atomic mass is 32.1. The van der Waals surface area contributed by atoms with Crippen molar-refractivity contribution in [3.63, 3.8) is 0 Å². The van der Waals surface area contributed by atoms with Gasteiger partial charge in [0.2, 0.25) is 0 Å². The molecule has 3 rings (SSSR count). The van der Waals surface area contributed by atoms with Crippen LogP contribution in [0.15, 0.2) is 54.6 Å². The molecule has 0 saturated carbocycles. The largest absolute Gasteiger partial charge is 0.490 e. The molecule has 2 aromatic rings. The normalized spacial score (nSPS) is 14.4. The lowest BCUT2D eigenvalue weighted by Gasteiger charge is -2.32. The fourth-order valence-electron chi connectivity index (χ4n) is 3.06. The van der Waals surface area contributed by atoms with Gasteiger partial charge < -0.3 is 14.4 Å². The summed E-state index contributed by atoms with van der Waals surface area (Å²) in [6, 6.07) is 16.7. The minimum atomic E-state index is -0.247. The second kappa shape index (κ2) is 10.1. The van der Waals surface area contributed by atoms with Crippen LogP contribution in [-0.4, -0.2) is 42.2 Å². The maximum absolute atomic E-state index is 12.7. The molecule has 28 heavy (non-hydrogen) atoms. The average molecular weight is 399 g/mol. The molecule has 0 radical (unpaired) electrons. The molecule has 0 aliphatic carbocycles. The van der Waals surface area contributed by atoms with E-state index in [1.54, 1.807) is 12.1 Å². The van der Waals surface area contributed by atoms with E-state index in [9.17, 15) is 4.79 Å². The van der Waals surface area contributed by atoms with Crippen LogP contribution in [0.4, 0.5) is 0 Å². The van der Waals surface area contributed by atoms with E-state index < -0.39 is 0 Å². The summed E-state index contributed by atoms with van der Waals surface area (Å²) in [6.45, 7) is 4.75. The Balaban J connectivity index is 1.52. The Bertz CT molecular complexity index is 789. The summed E-state index contributed by atoms with van der Waals surface area (Å²) in [4.78, 5) is 14.8. The van der Waals surface area contributed by atoms with Crippen LogP contribution in [0.5, 0.6) is 11.5 Å². The summed E-state index contributed by atoms with van der Waals surface area (Å²) in [5, 5.41) is 3.33. The number of para-hydroxylation sites is 2. The van der Waals surface area contributed by atoms with Gasteiger partial charge in [-0.05, 0) is 55.2 Å². The molecule has 0 unspecified atom stereocenters. The van der Waals surface area contributed by atoms with Gasteiger partial charge in [-0.25, -0.2) is 0 Å². The van der Waals surface area contributed by atoms with Crippen molar-refractivity contribution in [1.29, 1.82) is 0 Å². The lowest BCUT2D eigenvalue weighted by atomic mass is 10.00. The number of rotatable bonds is 6. The standard InChI is InChI=1S/C22H26N2O3S/c1-17-11-13-24(14-12-17)22(28)23-21(25)19-9-5-6-10-20(19)27-16-15-26-18-7-3-2-4-8-18/h2-10,17H,11-16H2,1H3,(H,23,25,28). The molecule has 1 amide bonds. The Morgan fingerprint density at radius 3 is 2.43 bits per heavy atom. The molecular weight excluding hydrogens is 372 g/mol. The maximum Gasteiger partial charge on any atom is 0.261 e. The van der Waals surface area contributed by atoms with Crippen molar-refractivity contribution in [3.8, 4) is 11.5 Å². The Morgan fingerprint density at radius 2 is 1.68 bits per heavy atom. The number of thiocarbonyl (C=S) groups is 1. The Hall–Kier alpha value is -2.60. The van der Waals surface area contributed by atoms with E-state index in [1.807, 2.05) is 42.5 Å². The summed E-state index contributed by atoms with van der Waals surface area (Å²) in [5.41, 5.74) is 0.468. The zero-order valence-electron chi connectivity index (χ0n) is 16.1. The molecule has 5 nitrogen and oxygen atoms in total. The molecular formula is C22H26N2O3S. The molecule has 0 atom stereocenters. The first-order chi connectivity index (χ1) is 13.6. The third-order valence-corrected chi connectivity index (χ3v) is 5.14. The van der Waals surface area contributed by atoms with E-state index in [0.717, 1.165) is 31.7 Å². The Morgan fingerprint density at radius 1 is 1.04 bits per heavy atom. The fraction of sp³-hybridized carbons (Fsp3) is 0.364. The van der Waals surface area contributed by atoms with Crippen LogP contribution in [-0.2, 0) is 0 Å². The maximum atomic E-state index is 12.7. The van der Waals surface area contributed by atoms with Crippen LogP contribution >= 0.6 is 12.2 Å². The van der Waals surface area contributed by atoms with Gasteiger partial charge in [0.25, 0.3) is 5.91 Å². The predicted octanol–water partition coefficient (Wildman–Crippen LogP) is 3.89. The van der Waals surface area contributed by atoms with Crippen LogP contribution in [0, 0.1) is 5.92 Å². The third kappa shape index (κ3) is 5.70. The number of piperidine rings is 1. The predicted molar refractivity (Wildman–Crippen MR) is 114 cm³/mol. The zero-order valence-corrected chi connectivity index (χ0v) is 16.9. The van der Waals surface area contributed by atoms with Crippen molar-refractivity contribution in [2.24, 2.45) is 5.92 Å². The van der Waals surface area contributed by atoms with Gasteiger partial charge in [0, 0.05) is 13.1 Å². The molecule has 148 valence electrons. The molecule has 1 aliphatic rings. The van der Waals surface area contributed by atoms with E-state index in [0.29, 0.717) is 35.6 Å². The zero-order chi connectivity index (χ0) is 19.8. The van der Waals surface area contributed by atoms with Crippen LogP contribution in [0.1, 0.15) is 30.1 Å². The highest BCUT2D eigenvalue weighted by molar-refractivity contribution is 7.80. The quantitative estimate of drug-likeness (QED) is 0.591. The summed E-state index contributed by atoms with van der Waals surface area (Å²) >= 11 is 5.43. The average Bonchev–Trinajstić information content (AvgIpc) is 2.72. The monoisotopic (exact) mass is 398 g/mol. The van der Waals surface area contributed by atoms with Crippen LogP contribution in [0.2, 0.25) is 0 Å². The molecule has 0 aromatic heterocycles. The second-order valence-electron chi connectivity index (χ2n) is 6.93. The number of ether oxygens (including phenoxy) is 2. The van der Waals surface area contributed by atoms with Gasteiger partial charge in [-0.2, -0.15) is 0 Å². The number of amides is 1. The van der Waals surface area contributed by atoms with Gasteiger partial charge in [-0.15, -0.1) is 0 Å². The first-order valence-electron chi connectivity index (χ1n) is 9.63. The van der Waals surface area contributed by atoms with Crippen LogP contribution in [0.3, 0.4) is 0 Å². The summed E-state index contributed by atoms with van der Waals surface area (Å²) in [7, 11) is 0. The number of likely N-dealkylation sites (tertiary alicyclic amines) is 1. The van der Waals surface area contributed by atoms with Crippen LogP contribution < -0.4 is 14.8 Å². The molecule has 1 heterocycles. The van der Waals surface area contributed by atoms with Crippen molar-refractivity contribution in [2.45, 2.75) is 19.8 Å². The lowest BCUT2D eigenvalue weighted by Crippen LogP contribution is -2.46. The van der Waals surface area contributed by atoms with Crippen LogP contribution in [0.25, 0.3) is 0 Å². The summed E-state index contributed by atoms with van der Waals surface area (Å²) in [5.74, 6) is 1.77. The van der Waals surface area contributed by atoms with Gasteiger partial charge in [-0.1, -0.05) is 37.3 Å². The SMILES string of the molecule is CC1CCN(C(=S)NC(=O)c2ccccc2OCCOc2ccccc2)CC1. The van der Waals surface area contributed by atoms with Crippen molar-refractivity contribution in [1.82, 2.24) is 10.2 Å². The van der Waals surface area contributed by atoms with E-state index in [1.165, 1.54) is 0 Å². The van der Waals surface area contributed by atoms with Gasteiger partial charge in [-0.3, -0.25) is 10.1 Å². The van der Waals surface area contributed by atoms with Crippen molar-refractivity contribution in [3.05, 3.63) is 60.2 Å². The van der Waals surface area contributed by atoms with Gasteiger partial charge >= 0.3 is 0 Å². The smallest absolute Gasteiger partial charge is 0.261 e. The van der Waals surface area contributed by atoms with E-state index in [-0.39, 0.29) is 5.91 Å². The number of nitrogens with one attached hydrogen (secondary N) is 1. The molecule has 1 fully saturated rings. The second-order valence-corrected chi connectivity index (χ2v) is 7.32. The highest BCUT2D eigenvalue weighted by Gasteiger charge is 2.20. The molecule has 1 saturated heterocycles. The van der Waals surface area contributed by atoms with Gasteiger partial charge in [0.05, 0.1) is 5.56 Å². The first kappa shape index (κ1) is 20.1. The number of benzene rings is 2. The molecule has 0 bridgehead atoms. The number of hydrogen-bond acceptors (Lipinski definition) is 4. The summed E-state index contributed by atoms with van der Waals surface area (Å²) < 4.78 is 11.4. The minimum absolute atomic E-state index is 0.247. The van der Waals surface area contributed by atoms with Crippen molar-refractivity contribution in [2.75, 3.05) is 26.3 Å². The number of hydrogen-bond donors (Lipinski definition) is 1. The van der Waals surface area contributed by atoms with E-state index in [4.69, 9.17) is 21.7 Å².